The SMILES string of the molecule is CCCn1cc(S(=O)(=O)NCC(C)C2CC2)cc1CO. The summed E-state index contributed by atoms with van der Waals surface area (Å²) in [5.41, 5.74) is 0.641. The van der Waals surface area contributed by atoms with Gasteiger partial charge in [0.15, 0.2) is 0 Å². The predicted molar refractivity (Wildman–Crippen MR) is 77.7 cm³/mol. The number of aliphatic hydroxyl groups excluding tert-OH is 1. The zero-order chi connectivity index (χ0) is 14.8. The molecule has 2 N–H and O–H groups in total. The third-order valence-corrected chi connectivity index (χ3v) is 5.31. The van der Waals surface area contributed by atoms with Gasteiger partial charge in [-0.3, -0.25) is 0 Å². The van der Waals surface area contributed by atoms with Gasteiger partial charge in [0.05, 0.1) is 11.5 Å². The standard InChI is InChI=1S/C14H24N2O3S/c1-3-6-16-9-14(7-13(16)10-17)20(18,19)15-8-11(2)12-4-5-12/h7,9,11-12,15,17H,3-6,8,10H2,1-2H3. The minimum atomic E-state index is -3.47. The molecule has 1 fully saturated rings. The lowest BCUT2D eigenvalue weighted by Gasteiger charge is -2.11. The van der Waals surface area contributed by atoms with E-state index in [9.17, 15) is 13.5 Å². The van der Waals surface area contributed by atoms with Crippen molar-refractivity contribution in [2.75, 3.05) is 6.54 Å². The summed E-state index contributed by atoms with van der Waals surface area (Å²) >= 11 is 0. The average Bonchev–Trinajstić information content (AvgIpc) is 3.18. The molecule has 0 aliphatic heterocycles. The molecule has 0 bridgehead atoms. The van der Waals surface area contributed by atoms with Crippen molar-refractivity contribution < 1.29 is 13.5 Å². The molecule has 2 rings (SSSR count). The van der Waals surface area contributed by atoms with E-state index in [0.717, 1.165) is 6.42 Å². The molecule has 1 aliphatic carbocycles. The summed E-state index contributed by atoms with van der Waals surface area (Å²) in [6, 6.07) is 1.56. The highest BCUT2D eigenvalue weighted by atomic mass is 32.2. The number of sulfonamides is 1. The van der Waals surface area contributed by atoms with Crippen molar-refractivity contribution in [2.24, 2.45) is 11.8 Å². The molecule has 1 aromatic heterocycles. The van der Waals surface area contributed by atoms with E-state index in [1.165, 1.54) is 12.8 Å². The van der Waals surface area contributed by atoms with Crippen LogP contribution in [0.1, 0.15) is 38.8 Å². The van der Waals surface area contributed by atoms with E-state index < -0.39 is 10.0 Å². The molecule has 0 spiro atoms. The van der Waals surface area contributed by atoms with Gasteiger partial charge in [0.2, 0.25) is 10.0 Å². The van der Waals surface area contributed by atoms with Gasteiger partial charge < -0.3 is 9.67 Å². The van der Waals surface area contributed by atoms with Crippen LogP contribution >= 0.6 is 0 Å². The summed E-state index contributed by atoms with van der Waals surface area (Å²) in [5, 5.41) is 9.29. The van der Waals surface area contributed by atoms with Gasteiger partial charge in [-0.1, -0.05) is 13.8 Å². The van der Waals surface area contributed by atoms with Gasteiger partial charge in [0, 0.05) is 25.0 Å². The number of hydrogen-bond acceptors (Lipinski definition) is 3. The van der Waals surface area contributed by atoms with Crippen LogP contribution in [0.15, 0.2) is 17.2 Å². The van der Waals surface area contributed by atoms with Crippen LogP contribution in [-0.2, 0) is 23.2 Å². The Bertz CT molecular complexity index is 547. The number of rotatable bonds is 8. The van der Waals surface area contributed by atoms with Gasteiger partial charge in [-0.2, -0.15) is 0 Å². The van der Waals surface area contributed by atoms with Crippen molar-refractivity contribution >= 4 is 10.0 Å². The Kier molecular flexibility index (Phi) is 4.88. The van der Waals surface area contributed by atoms with Crippen molar-refractivity contribution in [3.05, 3.63) is 18.0 Å². The maximum atomic E-state index is 12.3. The van der Waals surface area contributed by atoms with Crippen molar-refractivity contribution in [1.29, 1.82) is 0 Å². The second-order valence-corrected chi connectivity index (χ2v) is 7.45. The molecular formula is C14H24N2O3S. The fourth-order valence-electron chi connectivity index (χ4n) is 2.41. The van der Waals surface area contributed by atoms with Crippen LogP contribution in [0.3, 0.4) is 0 Å². The lowest BCUT2D eigenvalue weighted by Crippen LogP contribution is -2.28. The zero-order valence-electron chi connectivity index (χ0n) is 12.2. The molecule has 114 valence electrons. The van der Waals surface area contributed by atoms with Gasteiger partial charge in [-0.15, -0.1) is 0 Å². The molecule has 6 heteroatoms. The number of aliphatic hydroxyl groups is 1. The summed E-state index contributed by atoms with van der Waals surface area (Å²) in [6.45, 7) is 5.16. The molecule has 0 saturated heterocycles. The van der Waals surface area contributed by atoms with E-state index in [1.54, 1.807) is 16.8 Å². The Hall–Kier alpha value is -0.850. The molecule has 0 radical (unpaired) electrons. The van der Waals surface area contributed by atoms with Crippen LogP contribution in [0.5, 0.6) is 0 Å². The summed E-state index contributed by atoms with van der Waals surface area (Å²) in [7, 11) is -3.47. The lowest BCUT2D eigenvalue weighted by atomic mass is 10.1. The molecule has 0 amide bonds. The van der Waals surface area contributed by atoms with Crippen LogP contribution in [0, 0.1) is 11.8 Å². The highest BCUT2D eigenvalue weighted by molar-refractivity contribution is 7.89. The molecule has 1 aromatic rings. The highest BCUT2D eigenvalue weighted by Crippen LogP contribution is 2.36. The second kappa shape index (κ2) is 6.28. The van der Waals surface area contributed by atoms with Gasteiger partial charge in [-0.25, -0.2) is 13.1 Å². The maximum Gasteiger partial charge on any atom is 0.242 e. The summed E-state index contributed by atoms with van der Waals surface area (Å²) in [5.74, 6) is 1.07. The molecular weight excluding hydrogens is 276 g/mol. The second-order valence-electron chi connectivity index (χ2n) is 5.69. The fraction of sp³-hybridized carbons (Fsp3) is 0.714. The van der Waals surface area contributed by atoms with Crippen molar-refractivity contribution in [3.8, 4) is 0 Å². The number of hydrogen-bond donors (Lipinski definition) is 2. The summed E-state index contributed by atoms with van der Waals surface area (Å²) in [6.07, 6.45) is 4.93. The highest BCUT2D eigenvalue weighted by Gasteiger charge is 2.29. The molecule has 1 atom stereocenters. The Labute approximate surface area is 121 Å². The molecule has 1 heterocycles. The molecule has 5 nitrogen and oxygen atoms in total. The predicted octanol–water partition coefficient (Wildman–Crippen LogP) is 1.71. The van der Waals surface area contributed by atoms with E-state index in [2.05, 4.69) is 11.6 Å². The van der Waals surface area contributed by atoms with E-state index >= 15 is 0 Å². The van der Waals surface area contributed by atoms with E-state index in [-0.39, 0.29) is 11.5 Å². The van der Waals surface area contributed by atoms with Crippen LogP contribution in [0.4, 0.5) is 0 Å². The Balaban J connectivity index is 2.07. The van der Waals surface area contributed by atoms with Crippen LogP contribution in [-0.4, -0.2) is 24.6 Å². The normalized spacial score (nSPS) is 17.4. The lowest BCUT2D eigenvalue weighted by molar-refractivity contribution is 0.270. The van der Waals surface area contributed by atoms with E-state index in [4.69, 9.17) is 0 Å². The Morgan fingerprint density at radius 3 is 2.75 bits per heavy atom. The van der Waals surface area contributed by atoms with Crippen LogP contribution in [0.25, 0.3) is 0 Å². The fourth-order valence-corrected chi connectivity index (χ4v) is 3.62. The zero-order valence-corrected chi connectivity index (χ0v) is 13.0. The first-order valence-electron chi connectivity index (χ1n) is 7.27. The Morgan fingerprint density at radius 1 is 1.50 bits per heavy atom. The Morgan fingerprint density at radius 2 is 2.20 bits per heavy atom. The van der Waals surface area contributed by atoms with E-state index in [0.29, 0.717) is 30.6 Å². The van der Waals surface area contributed by atoms with Gasteiger partial charge in [0.1, 0.15) is 0 Å². The number of nitrogens with one attached hydrogen (secondary N) is 1. The number of aryl methyl sites for hydroxylation is 1. The molecule has 1 unspecified atom stereocenters. The quantitative estimate of drug-likeness (QED) is 0.768. The molecule has 20 heavy (non-hydrogen) atoms. The molecule has 1 saturated carbocycles. The minimum Gasteiger partial charge on any atom is -0.390 e. The maximum absolute atomic E-state index is 12.3. The molecule has 0 aromatic carbocycles. The first-order chi connectivity index (χ1) is 9.47. The van der Waals surface area contributed by atoms with Gasteiger partial charge >= 0.3 is 0 Å². The molecule has 1 aliphatic rings. The largest absolute Gasteiger partial charge is 0.390 e. The van der Waals surface area contributed by atoms with Crippen molar-refractivity contribution in [2.45, 2.75) is 51.2 Å². The van der Waals surface area contributed by atoms with Crippen molar-refractivity contribution in [1.82, 2.24) is 9.29 Å². The summed E-state index contributed by atoms with van der Waals surface area (Å²) < 4.78 is 29.0. The summed E-state index contributed by atoms with van der Waals surface area (Å²) in [4.78, 5) is 0.248. The first-order valence-corrected chi connectivity index (χ1v) is 8.75. The number of aromatic nitrogens is 1. The van der Waals surface area contributed by atoms with E-state index in [1.807, 2.05) is 6.92 Å². The smallest absolute Gasteiger partial charge is 0.242 e. The van der Waals surface area contributed by atoms with Gasteiger partial charge in [0.25, 0.3) is 0 Å². The van der Waals surface area contributed by atoms with Crippen LogP contribution < -0.4 is 4.72 Å². The monoisotopic (exact) mass is 300 g/mol. The van der Waals surface area contributed by atoms with Crippen LogP contribution in [0.2, 0.25) is 0 Å². The third kappa shape index (κ3) is 3.62. The minimum absolute atomic E-state index is 0.145. The first kappa shape index (κ1) is 15.5. The third-order valence-electron chi connectivity index (χ3n) is 3.92. The topological polar surface area (TPSA) is 71.3 Å². The number of nitrogens with zero attached hydrogens (tertiary/aromatic N) is 1. The average molecular weight is 300 g/mol. The van der Waals surface area contributed by atoms with Gasteiger partial charge in [-0.05, 0) is 37.2 Å². The van der Waals surface area contributed by atoms with Crippen molar-refractivity contribution in [3.63, 3.8) is 0 Å².